The molecular weight excluding hydrogens is 294 g/mol. The van der Waals surface area contributed by atoms with Gasteiger partial charge in [-0.1, -0.05) is 19.9 Å². The fraction of sp³-hybridized carbons (Fsp3) is 0.471. The maximum atomic E-state index is 12.5. The first-order valence-electron chi connectivity index (χ1n) is 7.75. The fourth-order valence-corrected chi connectivity index (χ4v) is 3.92. The smallest absolute Gasteiger partial charge is 0.228 e. The van der Waals surface area contributed by atoms with E-state index in [1.165, 1.54) is 6.42 Å². The summed E-state index contributed by atoms with van der Waals surface area (Å²) in [6.45, 7) is 6.19. The monoisotopic (exact) mass is 315 g/mol. The van der Waals surface area contributed by atoms with Gasteiger partial charge in [-0.05, 0) is 30.4 Å². The molecule has 0 N–H and O–H groups in total. The Morgan fingerprint density at radius 2 is 2.09 bits per heavy atom. The predicted octanol–water partition coefficient (Wildman–Crippen LogP) is 3.25. The number of hydrogen-bond donors (Lipinski definition) is 0. The molecule has 0 radical (unpaired) electrons. The van der Waals surface area contributed by atoms with Gasteiger partial charge in [0.2, 0.25) is 5.91 Å². The lowest BCUT2D eigenvalue weighted by molar-refractivity contribution is -0.133. The number of pyridine rings is 1. The normalized spacial score (nSPS) is 21.8. The van der Waals surface area contributed by atoms with Gasteiger partial charge in [0.25, 0.3) is 0 Å². The quantitative estimate of drug-likeness (QED) is 0.873. The highest BCUT2D eigenvalue weighted by molar-refractivity contribution is 7.13. The molecular formula is C17H21N3OS. The number of amides is 1. The maximum Gasteiger partial charge on any atom is 0.228 e. The minimum Gasteiger partial charge on any atom is -0.342 e. The van der Waals surface area contributed by atoms with Crippen molar-refractivity contribution in [2.45, 2.75) is 26.7 Å². The third-order valence-electron chi connectivity index (χ3n) is 3.99. The molecule has 0 spiro atoms. The molecule has 1 fully saturated rings. The van der Waals surface area contributed by atoms with Gasteiger partial charge in [-0.15, -0.1) is 11.3 Å². The van der Waals surface area contributed by atoms with E-state index in [2.05, 4.69) is 23.8 Å². The van der Waals surface area contributed by atoms with Crippen molar-refractivity contribution >= 4 is 17.2 Å². The highest BCUT2D eigenvalue weighted by atomic mass is 32.1. The summed E-state index contributed by atoms with van der Waals surface area (Å²) >= 11 is 1.55. The van der Waals surface area contributed by atoms with Crippen LogP contribution in [0.4, 0.5) is 0 Å². The van der Waals surface area contributed by atoms with Gasteiger partial charge in [-0.25, -0.2) is 4.98 Å². The van der Waals surface area contributed by atoms with Gasteiger partial charge in [-0.3, -0.25) is 9.78 Å². The highest BCUT2D eigenvalue weighted by Gasteiger charge is 2.25. The van der Waals surface area contributed by atoms with Crippen LogP contribution in [-0.4, -0.2) is 33.9 Å². The van der Waals surface area contributed by atoms with Crippen LogP contribution in [0.1, 0.15) is 26.0 Å². The molecule has 1 aliphatic rings. The lowest BCUT2D eigenvalue weighted by Gasteiger charge is -2.35. The summed E-state index contributed by atoms with van der Waals surface area (Å²) in [5.41, 5.74) is 1.72. The van der Waals surface area contributed by atoms with Crippen LogP contribution in [0, 0.1) is 11.8 Å². The Labute approximate surface area is 135 Å². The van der Waals surface area contributed by atoms with E-state index >= 15 is 0 Å². The SMILES string of the molecule is C[C@@H]1C[C@@H](C)CN(C(=O)Cc2csc(-c3ccccn3)n2)C1. The van der Waals surface area contributed by atoms with Gasteiger partial charge in [0.05, 0.1) is 17.8 Å². The Morgan fingerprint density at radius 1 is 1.32 bits per heavy atom. The van der Waals surface area contributed by atoms with Gasteiger partial charge in [0, 0.05) is 24.7 Å². The van der Waals surface area contributed by atoms with E-state index in [-0.39, 0.29) is 5.91 Å². The molecule has 0 aliphatic carbocycles. The number of carbonyl (C=O) groups is 1. The molecule has 0 bridgehead atoms. The third-order valence-corrected chi connectivity index (χ3v) is 4.90. The minimum atomic E-state index is 0.191. The van der Waals surface area contributed by atoms with Crippen molar-refractivity contribution < 1.29 is 4.79 Å². The van der Waals surface area contributed by atoms with E-state index in [9.17, 15) is 4.79 Å². The summed E-state index contributed by atoms with van der Waals surface area (Å²) in [6.07, 6.45) is 3.37. The van der Waals surface area contributed by atoms with Gasteiger partial charge >= 0.3 is 0 Å². The van der Waals surface area contributed by atoms with Crippen molar-refractivity contribution in [3.05, 3.63) is 35.5 Å². The van der Waals surface area contributed by atoms with Gasteiger partial charge in [-0.2, -0.15) is 0 Å². The Hall–Kier alpha value is -1.75. The van der Waals surface area contributed by atoms with E-state index in [4.69, 9.17) is 0 Å². The minimum absolute atomic E-state index is 0.191. The van der Waals surface area contributed by atoms with Crippen LogP contribution in [0.15, 0.2) is 29.8 Å². The number of aromatic nitrogens is 2. The molecule has 0 aromatic carbocycles. The van der Waals surface area contributed by atoms with Crippen LogP contribution in [0.25, 0.3) is 10.7 Å². The second-order valence-electron chi connectivity index (χ2n) is 6.28. The summed E-state index contributed by atoms with van der Waals surface area (Å²) in [6, 6.07) is 5.78. The Balaban J connectivity index is 1.66. The fourth-order valence-electron chi connectivity index (χ4n) is 3.13. The van der Waals surface area contributed by atoms with Crippen LogP contribution >= 0.6 is 11.3 Å². The number of carbonyl (C=O) groups excluding carboxylic acids is 1. The Morgan fingerprint density at radius 3 is 2.77 bits per heavy atom. The van der Waals surface area contributed by atoms with Crippen molar-refractivity contribution in [2.24, 2.45) is 11.8 Å². The second-order valence-corrected chi connectivity index (χ2v) is 7.14. The molecule has 1 aliphatic heterocycles. The van der Waals surface area contributed by atoms with Crippen LogP contribution in [0.5, 0.6) is 0 Å². The first-order chi connectivity index (χ1) is 10.6. The largest absolute Gasteiger partial charge is 0.342 e. The topological polar surface area (TPSA) is 46.1 Å². The van der Waals surface area contributed by atoms with Gasteiger partial charge in [0.1, 0.15) is 5.01 Å². The number of piperidine rings is 1. The molecule has 0 saturated carbocycles. The average molecular weight is 315 g/mol. The summed E-state index contributed by atoms with van der Waals surface area (Å²) < 4.78 is 0. The molecule has 2 atom stereocenters. The average Bonchev–Trinajstić information content (AvgIpc) is 2.95. The van der Waals surface area contributed by atoms with Gasteiger partial charge < -0.3 is 4.90 Å². The standard InChI is InChI=1S/C17H21N3OS/c1-12-7-13(2)10-20(9-12)16(21)8-14-11-22-17(19-14)15-5-3-4-6-18-15/h3-6,11-13H,7-10H2,1-2H3/t12-,13-/m1/s1. The number of rotatable bonds is 3. The van der Waals surface area contributed by atoms with E-state index in [0.29, 0.717) is 18.3 Å². The molecule has 116 valence electrons. The summed E-state index contributed by atoms with van der Waals surface area (Å²) in [4.78, 5) is 23.3. The number of likely N-dealkylation sites (tertiary alicyclic amines) is 1. The molecule has 22 heavy (non-hydrogen) atoms. The second kappa shape index (κ2) is 6.57. The van der Waals surface area contributed by atoms with Crippen molar-refractivity contribution in [3.8, 4) is 10.7 Å². The highest BCUT2D eigenvalue weighted by Crippen LogP contribution is 2.24. The van der Waals surface area contributed by atoms with Crippen molar-refractivity contribution in [1.82, 2.24) is 14.9 Å². The summed E-state index contributed by atoms with van der Waals surface area (Å²) in [5, 5.41) is 2.85. The van der Waals surface area contributed by atoms with E-state index < -0.39 is 0 Å². The lowest BCUT2D eigenvalue weighted by atomic mass is 9.92. The Kier molecular flexibility index (Phi) is 4.52. The van der Waals surface area contributed by atoms with Gasteiger partial charge in [0.15, 0.2) is 0 Å². The number of hydrogen-bond acceptors (Lipinski definition) is 4. The van der Waals surface area contributed by atoms with Crippen LogP contribution in [0.2, 0.25) is 0 Å². The molecule has 1 amide bonds. The Bertz CT molecular complexity index is 630. The predicted molar refractivity (Wildman–Crippen MR) is 88.6 cm³/mol. The lowest BCUT2D eigenvalue weighted by Crippen LogP contribution is -2.43. The van der Waals surface area contributed by atoms with E-state index in [1.54, 1.807) is 17.5 Å². The molecule has 4 nitrogen and oxygen atoms in total. The maximum absolute atomic E-state index is 12.5. The molecule has 2 aromatic heterocycles. The third kappa shape index (κ3) is 3.53. The van der Waals surface area contributed by atoms with Crippen molar-refractivity contribution in [2.75, 3.05) is 13.1 Å². The summed E-state index contributed by atoms with van der Waals surface area (Å²) in [7, 11) is 0. The van der Waals surface area contributed by atoms with E-state index in [0.717, 1.165) is 29.5 Å². The first-order valence-corrected chi connectivity index (χ1v) is 8.63. The number of nitrogens with zero attached hydrogens (tertiary/aromatic N) is 3. The van der Waals surface area contributed by atoms with Crippen LogP contribution in [-0.2, 0) is 11.2 Å². The van der Waals surface area contributed by atoms with Crippen LogP contribution in [0.3, 0.4) is 0 Å². The molecule has 2 aromatic rings. The zero-order valence-electron chi connectivity index (χ0n) is 13.0. The van der Waals surface area contributed by atoms with Crippen molar-refractivity contribution in [3.63, 3.8) is 0 Å². The molecule has 5 heteroatoms. The molecule has 3 heterocycles. The first kappa shape index (κ1) is 15.2. The van der Waals surface area contributed by atoms with Crippen LogP contribution < -0.4 is 0 Å². The molecule has 3 rings (SSSR count). The summed E-state index contributed by atoms with van der Waals surface area (Å²) in [5.74, 6) is 1.37. The zero-order chi connectivity index (χ0) is 15.5. The molecule has 0 unspecified atom stereocenters. The van der Waals surface area contributed by atoms with E-state index in [1.807, 2.05) is 28.5 Å². The number of thiazole rings is 1. The molecule has 1 saturated heterocycles. The zero-order valence-corrected chi connectivity index (χ0v) is 13.8. The van der Waals surface area contributed by atoms with Crippen molar-refractivity contribution in [1.29, 1.82) is 0 Å².